The van der Waals surface area contributed by atoms with Crippen LogP contribution >= 0.6 is 0 Å². The lowest BCUT2D eigenvalue weighted by atomic mass is 9.81. The quantitative estimate of drug-likeness (QED) is 0.259. The zero-order valence-electron chi connectivity index (χ0n) is 18.6. The molecule has 5 aromatic carbocycles. The lowest BCUT2D eigenvalue weighted by molar-refractivity contribution is 0.0950. The maximum Gasteiger partial charge on any atom is 0.172 e. The van der Waals surface area contributed by atoms with Gasteiger partial charge in [0.05, 0.1) is 12.0 Å². The monoisotopic (exact) mass is 445 g/mol. The molecule has 0 saturated carbocycles. The Morgan fingerprint density at radius 2 is 1.26 bits per heavy atom. The first-order valence-corrected chi connectivity index (χ1v) is 11.3. The maximum atomic E-state index is 14.4. The van der Waals surface area contributed by atoms with Crippen LogP contribution in [0.5, 0.6) is 0 Å². The minimum Gasteiger partial charge on any atom is -0.377 e. The van der Waals surface area contributed by atoms with E-state index in [1.807, 2.05) is 84.9 Å². The third-order valence-electron chi connectivity index (χ3n) is 6.11. The molecule has 2 nitrogen and oxygen atoms in total. The molecule has 2 unspecified atom stereocenters. The second-order valence-electron chi connectivity index (χ2n) is 8.36. The van der Waals surface area contributed by atoms with Gasteiger partial charge in [0, 0.05) is 11.3 Å². The average molecular weight is 446 g/mol. The lowest BCUT2D eigenvalue weighted by Crippen LogP contribution is -2.26. The molecule has 0 aliphatic rings. The van der Waals surface area contributed by atoms with Gasteiger partial charge in [-0.05, 0) is 46.2 Å². The molecule has 0 radical (unpaired) electrons. The Hall–Kier alpha value is -4.24. The molecular formula is C31H24FNO. The van der Waals surface area contributed by atoms with Crippen LogP contribution in [0.3, 0.4) is 0 Å². The second kappa shape index (κ2) is 9.72. The van der Waals surface area contributed by atoms with Gasteiger partial charge in [-0.3, -0.25) is 4.79 Å². The van der Waals surface area contributed by atoms with Crippen molar-refractivity contribution < 1.29 is 9.18 Å². The molecule has 0 spiro atoms. The summed E-state index contributed by atoms with van der Waals surface area (Å²) in [5.41, 5.74) is 3.08. The lowest BCUT2D eigenvalue weighted by Gasteiger charge is -2.29. The third-order valence-corrected chi connectivity index (χ3v) is 6.11. The number of carbonyl (C=O) groups excluding carboxylic acids is 1. The van der Waals surface area contributed by atoms with Crippen LogP contribution in [0.4, 0.5) is 10.1 Å². The Labute approximate surface area is 198 Å². The van der Waals surface area contributed by atoms with Crippen LogP contribution in [-0.2, 0) is 0 Å². The topological polar surface area (TPSA) is 29.1 Å². The van der Waals surface area contributed by atoms with Crippen molar-refractivity contribution in [1.29, 1.82) is 0 Å². The number of halogens is 1. The van der Waals surface area contributed by atoms with Crippen molar-refractivity contribution in [3.63, 3.8) is 0 Å². The molecule has 0 aliphatic carbocycles. The first-order chi connectivity index (χ1) is 16.7. The highest BCUT2D eigenvalue weighted by Crippen LogP contribution is 2.37. The maximum absolute atomic E-state index is 14.4. The van der Waals surface area contributed by atoms with Gasteiger partial charge in [-0.1, -0.05) is 103 Å². The van der Waals surface area contributed by atoms with Gasteiger partial charge in [0.15, 0.2) is 5.78 Å². The molecule has 0 aromatic heterocycles. The standard InChI is InChI=1S/C31H24FNO/c32-27-17-9-16-26(20-27)30(33-28-19-18-22-10-7-8-15-25(22)21-28)29(23-11-3-1-4-12-23)31(34)24-13-5-2-6-14-24/h1-21,29-30,33H. The first kappa shape index (κ1) is 21.6. The molecule has 0 aliphatic heterocycles. The molecule has 0 heterocycles. The molecule has 2 atom stereocenters. The number of fused-ring (bicyclic) bond motifs is 1. The minimum atomic E-state index is -0.558. The molecule has 3 heteroatoms. The fraction of sp³-hybridized carbons (Fsp3) is 0.0645. The van der Waals surface area contributed by atoms with Crippen molar-refractivity contribution >= 4 is 22.2 Å². The summed E-state index contributed by atoms with van der Waals surface area (Å²) in [6, 6.07) is 39.3. The van der Waals surface area contributed by atoms with Crippen LogP contribution in [-0.4, -0.2) is 5.78 Å². The Morgan fingerprint density at radius 3 is 2.00 bits per heavy atom. The van der Waals surface area contributed by atoms with E-state index in [-0.39, 0.29) is 11.6 Å². The van der Waals surface area contributed by atoms with Crippen LogP contribution < -0.4 is 5.32 Å². The summed E-state index contributed by atoms with van der Waals surface area (Å²) >= 11 is 0. The Morgan fingerprint density at radius 1 is 0.618 bits per heavy atom. The van der Waals surface area contributed by atoms with Crippen molar-refractivity contribution in [3.8, 4) is 0 Å². The Balaban J connectivity index is 1.64. The summed E-state index contributed by atoms with van der Waals surface area (Å²) in [5, 5.41) is 5.80. The van der Waals surface area contributed by atoms with Crippen LogP contribution in [0, 0.1) is 5.82 Å². The van der Waals surface area contributed by atoms with Gasteiger partial charge in [-0.15, -0.1) is 0 Å². The SMILES string of the molecule is O=C(c1ccccc1)C(c1ccccc1)C(Nc1ccc2ccccc2c1)c1cccc(F)c1. The Bertz CT molecular complexity index is 1420. The van der Waals surface area contributed by atoms with E-state index < -0.39 is 12.0 Å². The van der Waals surface area contributed by atoms with E-state index in [1.54, 1.807) is 6.07 Å². The highest BCUT2D eigenvalue weighted by Gasteiger charge is 2.32. The van der Waals surface area contributed by atoms with Gasteiger partial charge in [0.1, 0.15) is 5.82 Å². The number of Topliss-reactive ketones (excluding diaryl/α,β-unsaturated/α-hetero) is 1. The van der Waals surface area contributed by atoms with Crippen LogP contribution in [0.25, 0.3) is 10.8 Å². The number of hydrogen-bond acceptors (Lipinski definition) is 2. The van der Waals surface area contributed by atoms with Crippen molar-refractivity contribution in [1.82, 2.24) is 0 Å². The van der Waals surface area contributed by atoms with Gasteiger partial charge in [0.2, 0.25) is 0 Å². The summed E-state index contributed by atoms with van der Waals surface area (Å²) in [4.78, 5) is 13.9. The zero-order chi connectivity index (χ0) is 23.3. The number of rotatable bonds is 7. The summed E-state index contributed by atoms with van der Waals surface area (Å²) in [5.74, 6) is -0.909. The number of benzene rings is 5. The summed E-state index contributed by atoms with van der Waals surface area (Å²) in [6.07, 6.45) is 0. The normalized spacial score (nSPS) is 12.7. The molecule has 166 valence electrons. The van der Waals surface area contributed by atoms with E-state index in [9.17, 15) is 9.18 Å². The molecular weight excluding hydrogens is 421 g/mol. The van der Waals surface area contributed by atoms with Crippen molar-refractivity contribution in [2.75, 3.05) is 5.32 Å². The van der Waals surface area contributed by atoms with E-state index in [0.29, 0.717) is 11.1 Å². The molecule has 0 amide bonds. The number of nitrogens with one attached hydrogen (secondary N) is 1. The summed E-state index contributed by atoms with van der Waals surface area (Å²) in [6.45, 7) is 0. The van der Waals surface area contributed by atoms with Gasteiger partial charge in [-0.2, -0.15) is 0 Å². The number of hydrogen-bond donors (Lipinski definition) is 1. The zero-order valence-corrected chi connectivity index (χ0v) is 18.6. The first-order valence-electron chi connectivity index (χ1n) is 11.3. The molecule has 5 aromatic rings. The van der Waals surface area contributed by atoms with E-state index in [1.165, 1.54) is 12.1 Å². The highest BCUT2D eigenvalue weighted by molar-refractivity contribution is 6.02. The predicted molar refractivity (Wildman–Crippen MR) is 137 cm³/mol. The predicted octanol–water partition coefficient (Wildman–Crippen LogP) is 7.80. The van der Waals surface area contributed by atoms with Crippen LogP contribution in [0.2, 0.25) is 0 Å². The van der Waals surface area contributed by atoms with Crippen molar-refractivity contribution in [2.45, 2.75) is 12.0 Å². The van der Waals surface area contributed by atoms with E-state index in [2.05, 4.69) is 29.6 Å². The second-order valence-corrected chi connectivity index (χ2v) is 8.36. The van der Waals surface area contributed by atoms with Gasteiger partial charge in [0.25, 0.3) is 0 Å². The van der Waals surface area contributed by atoms with Gasteiger partial charge in [-0.25, -0.2) is 4.39 Å². The fourth-order valence-corrected chi connectivity index (χ4v) is 4.46. The Kier molecular flexibility index (Phi) is 6.17. The molecule has 34 heavy (non-hydrogen) atoms. The summed E-state index contributed by atoms with van der Waals surface area (Å²) < 4.78 is 14.4. The van der Waals surface area contributed by atoms with E-state index in [4.69, 9.17) is 0 Å². The van der Waals surface area contributed by atoms with Crippen LogP contribution in [0.1, 0.15) is 33.4 Å². The van der Waals surface area contributed by atoms with Gasteiger partial charge >= 0.3 is 0 Å². The number of carbonyl (C=O) groups is 1. The van der Waals surface area contributed by atoms with Crippen molar-refractivity contribution in [3.05, 3.63) is 150 Å². The van der Waals surface area contributed by atoms with E-state index in [0.717, 1.165) is 22.0 Å². The minimum absolute atomic E-state index is 0.0191. The number of ketones is 1. The molecule has 0 fully saturated rings. The summed E-state index contributed by atoms with van der Waals surface area (Å²) in [7, 11) is 0. The van der Waals surface area contributed by atoms with Crippen LogP contribution in [0.15, 0.2) is 127 Å². The van der Waals surface area contributed by atoms with Crippen molar-refractivity contribution in [2.24, 2.45) is 0 Å². The molecule has 1 N–H and O–H groups in total. The average Bonchev–Trinajstić information content (AvgIpc) is 2.89. The largest absolute Gasteiger partial charge is 0.377 e. The third kappa shape index (κ3) is 4.60. The molecule has 5 rings (SSSR count). The molecule has 0 saturated heterocycles. The number of anilines is 1. The van der Waals surface area contributed by atoms with Gasteiger partial charge < -0.3 is 5.32 Å². The highest BCUT2D eigenvalue weighted by atomic mass is 19.1. The smallest absolute Gasteiger partial charge is 0.172 e. The van der Waals surface area contributed by atoms with E-state index >= 15 is 0 Å². The molecule has 0 bridgehead atoms. The fourth-order valence-electron chi connectivity index (χ4n) is 4.46.